The summed E-state index contributed by atoms with van der Waals surface area (Å²) < 4.78 is 25.4. The lowest BCUT2D eigenvalue weighted by Crippen LogP contribution is -2.16. The SMILES string of the molecule is Cc1cc(F)cc(NCc2cc(Br)c3c(c2)OCCO3)c1. The molecule has 1 aliphatic heterocycles. The van der Waals surface area contributed by atoms with Gasteiger partial charge < -0.3 is 14.8 Å². The van der Waals surface area contributed by atoms with Gasteiger partial charge in [-0.05, 0) is 64.3 Å². The van der Waals surface area contributed by atoms with Crippen LogP contribution in [0.4, 0.5) is 10.1 Å². The lowest BCUT2D eigenvalue weighted by Gasteiger charge is -2.20. The van der Waals surface area contributed by atoms with Crippen LogP contribution in [0.15, 0.2) is 34.8 Å². The Morgan fingerprint density at radius 3 is 2.76 bits per heavy atom. The highest BCUT2D eigenvalue weighted by molar-refractivity contribution is 9.10. The molecule has 0 unspecified atom stereocenters. The van der Waals surface area contributed by atoms with Crippen molar-refractivity contribution in [3.8, 4) is 11.5 Å². The van der Waals surface area contributed by atoms with Crippen LogP contribution in [0.25, 0.3) is 0 Å². The molecule has 0 bridgehead atoms. The molecule has 1 N–H and O–H groups in total. The number of ether oxygens (including phenoxy) is 2. The maximum atomic E-state index is 13.4. The Morgan fingerprint density at radius 2 is 1.95 bits per heavy atom. The van der Waals surface area contributed by atoms with E-state index < -0.39 is 0 Å². The Morgan fingerprint density at radius 1 is 1.14 bits per heavy atom. The van der Waals surface area contributed by atoms with E-state index >= 15 is 0 Å². The van der Waals surface area contributed by atoms with Crippen LogP contribution < -0.4 is 14.8 Å². The zero-order valence-corrected chi connectivity index (χ0v) is 13.2. The lowest BCUT2D eigenvalue weighted by molar-refractivity contribution is 0.170. The molecule has 3 rings (SSSR count). The third-order valence-corrected chi connectivity index (χ3v) is 3.78. The molecule has 0 atom stereocenters. The number of nitrogens with one attached hydrogen (secondary N) is 1. The van der Waals surface area contributed by atoms with Gasteiger partial charge in [0.25, 0.3) is 0 Å². The Balaban J connectivity index is 1.77. The largest absolute Gasteiger partial charge is 0.486 e. The van der Waals surface area contributed by atoms with Gasteiger partial charge in [0.1, 0.15) is 19.0 Å². The van der Waals surface area contributed by atoms with Crippen LogP contribution in [0.2, 0.25) is 0 Å². The molecule has 0 aromatic heterocycles. The highest BCUT2D eigenvalue weighted by Gasteiger charge is 2.16. The number of hydrogen-bond acceptors (Lipinski definition) is 3. The van der Waals surface area contributed by atoms with Crippen molar-refractivity contribution in [3.05, 3.63) is 51.7 Å². The van der Waals surface area contributed by atoms with Crippen molar-refractivity contribution < 1.29 is 13.9 Å². The molecule has 1 aliphatic rings. The first kappa shape index (κ1) is 14.2. The fourth-order valence-electron chi connectivity index (χ4n) is 2.31. The van der Waals surface area contributed by atoms with Gasteiger partial charge in [-0.1, -0.05) is 0 Å². The molecule has 2 aromatic carbocycles. The summed E-state index contributed by atoms with van der Waals surface area (Å²) in [5, 5.41) is 3.22. The molecule has 0 radical (unpaired) electrons. The van der Waals surface area contributed by atoms with Gasteiger partial charge >= 0.3 is 0 Å². The van der Waals surface area contributed by atoms with E-state index in [1.54, 1.807) is 0 Å². The second kappa shape index (κ2) is 5.93. The Kier molecular flexibility index (Phi) is 4.01. The van der Waals surface area contributed by atoms with Crippen molar-refractivity contribution in [2.75, 3.05) is 18.5 Å². The molecule has 110 valence electrons. The summed E-state index contributed by atoms with van der Waals surface area (Å²) in [7, 11) is 0. The minimum absolute atomic E-state index is 0.235. The van der Waals surface area contributed by atoms with Gasteiger partial charge in [0.15, 0.2) is 11.5 Å². The summed E-state index contributed by atoms with van der Waals surface area (Å²) in [5.74, 6) is 1.25. The molecule has 3 nitrogen and oxygen atoms in total. The van der Waals surface area contributed by atoms with Crippen molar-refractivity contribution in [2.45, 2.75) is 13.5 Å². The molecule has 0 spiro atoms. The van der Waals surface area contributed by atoms with Crippen LogP contribution in [0.3, 0.4) is 0 Å². The number of rotatable bonds is 3. The minimum atomic E-state index is -0.235. The summed E-state index contributed by atoms with van der Waals surface area (Å²) in [6, 6.07) is 8.83. The van der Waals surface area contributed by atoms with Crippen LogP contribution in [-0.2, 0) is 6.54 Å². The summed E-state index contributed by atoms with van der Waals surface area (Å²) in [5.41, 5.74) is 2.69. The second-order valence-corrected chi connectivity index (χ2v) is 5.83. The van der Waals surface area contributed by atoms with Crippen molar-refractivity contribution >= 4 is 21.6 Å². The molecule has 0 saturated heterocycles. The maximum absolute atomic E-state index is 13.4. The van der Waals surface area contributed by atoms with Gasteiger partial charge in [-0.2, -0.15) is 0 Å². The summed E-state index contributed by atoms with van der Waals surface area (Å²) in [6.45, 7) is 3.57. The Labute approximate surface area is 131 Å². The van der Waals surface area contributed by atoms with Crippen LogP contribution in [0.1, 0.15) is 11.1 Å². The minimum Gasteiger partial charge on any atom is -0.486 e. The predicted octanol–water partition coefficient (Wildman–Crippen LogP) is 4.28. The first-order valence-corrected chi connectivity index (χ1v) is 7.50. The molecular formula is C16H15BrFNO2. The topological polar surface area (TPSA) is 30.5 Å². The lowest BCUT2D eigenvalue weighted by atomic mass is 10.1. The van der Waals surface area contributed by atoms with Crippen LogP contribution in [0, 0.1) is 12.7 Å². The van der Waals surface area contributed by atoms with E-state index in [4.69, 9.17) is 9.47 Å². The van der Waals surface area contributed by atoms with Gasteiger partial charge in [-0.3, -0.25) is 0 Å². The molecule has 0 aliphatic carbocycles. The molecule has 21 heavy (non-hydrogen) atoms. The quantitative estimate of drug-likeness (QED) is 0.895. The number of hydrogen-bond donors (Lipinski definition) is 1. The van der Waals surface area contributed by atoms with Gasteiger partial charge in [0.2, 0.25) is 0 Å². The second-order valence-electron chi connectivity index (χ2n) is 4.97. The number of benzene rings is 2. The van der Waals surface area contributed by atoms with E-state index in [2.05, 4.69) is 21.2 Å². The Hall–Kier alpha value is -1.75. The van der Waals surface area contributed by atoms with Gasteiger partial charge in [0, 0.05) is 12.2 Å². The summed E-state index contributed by atoms with van der Waals surface area (Å²) in [4.78, 5) is 0. The number of aryl methyl sites for hydroxylation is 1. The predicted molar refractivity (Wildman–Crippen MR) is 83.6 cm³/mol. The van der Waals surface area contributed by atoms with E-state index in [1.165, 1.54) is 12.1 Å². The summed E-state index contributed by atoms with van der Waals surface area (Å²) in [6.07, 6.45) is 0. The number of halogens is 2. The highest BCUT2D eigenvalue weighted by atomic mass is 79.9. The van der Waals surface area contributed by atoms with Gasteiger partial charge in [-0.15, -0.1) is 0 Å². The van der Waals surface area contributed by atoms with Crippen molar-refractivity contribution in [1.29, 1.82) is 0 Å². The number of fused-ring (bicyclic) bond motifs is 1. The van der Waals surface area contributed by atoms with Crippen LogP contribution in [0.5, 0.6) is 11.5 Å². The average Bonchev–Trinajstić information content (AvgIpc) is 2.44. The average molecular weight is 352 g/mol. The van der Waals surface area contributed by atoms with E-state index in [9.17, 15) is 4.39 Å². The van der Waals surface area contributed by atoms with E-state index in [0.717, 1.165) is 32.8 Å². The molecule has 5 heteroatoms. The maximum Gasteiger partial charge on any atom is 0.175 e. The Bertz CT molecular complexity index is 655. The molecule has 0 amide bonds. The van der Waals surface area contributed by atoms with Gasteiger partial charge in [-0.25, -0.2) is 4.39 Å². The third-order valence-electron chi connectivity index (χ3n) is 3.20. The monoisotopic (exact) mass is 351 g/mol. The van der Waals surface area contributed by atoms with Gasteiger partial charge in [0.05, 0.1) is 4.47 Å². The fraction of sp³-hybridized carbons (Fsp3) is 0.250. The first-order chi connectivity index (χ1) is 10.1. The highest BCUT2D eigenvalue weighted by Crippen LogP contribution is 2.38. The van der Waals surface area contributed by atoms with E-state index in [-0.39, 0.29) is 5.82 Å². The summed E-state index contributed by atoms with van der Waals surface area (Å²) >= 11 is 3.49. The van der Waals surface area contributed by atoms with Crippen molar-refractivity contribution in [3.63, 3.8) is 0 Å². The zero-order valence-electron chi connectivity index (χ0n) is 11.6. The molecular weight excluding hydrogens is 337 g/mol. The first-order valence-electron chi connectivity index (χ1n) is 6.71. The van der Waals surface area contributed by atoms with Crippen molar-refractivity contribution in [1.82, 2.24) is 0 Å². The van der Waals surface area contributed by atoms with E-state index in [0.29, 0.717) is 19.8 Å². The molecule has 2 aromatic rings. The number of anilines is 1. The molecule has 1 heterocycles. The molecule has 0 saturated carbocycles. The van der Waals surface area contributed by atoms with E-state index in [1.807, 2.05) is 25.1 Å². The standard InChI is InChI=1S/C16H15BrFNO2/c1-10-4-12(18)8-13(5-10)19-9-11-6-14(17)16-15(7-11)20-2-3-21-16/h4-8,19H,2-3,9H2,1H3. The third kappa shape index (κ3) is 3.29. The smallest absolute Gasteiger partial charge is 0.175 e. The van der Waals surface area contributed by atoms with Crippen LogP contribution in [-0.4, -0.2) is 13.2 Å². The normalized spacial score (nSPS) is 13.1. The fourth-order valence-corrected chi connectivity index (χ4v) is 2.91. The van der Waals surface area contributed by atoms with Crippen molar-refractivity contribution in [2.24, 2.45) is 0 Å². The van der Waals surface area contributed by atoms with Crippen LogP contribution >= 0.6 is 15.9 Å². The molecule has 0 fully saturated rings. The zero-order chi connectivity index (χ0) is 14.8.